The van der Waals surface area contributed by atoms with Crippen molar-refractivity contribution in [1.82, 2.24) is 10.6 Å². The first-order valence-corrected chi connectivity index (χ1v) is 7.47. The van der Waals surface area contributed by atoms with Crippen LogP contribution in [0.25, 0.3) is 0 Å². The van der Waals surface area contributed by atoms with Gasteiger partial charge in [-0.05, 0) is 32.1 Å². The fraction of sp³-hybridized carbons (Fsp3) is 0.857. The van der Waals surface area contributed by atoms with E-state index in [-0.39, 0.29) is 17.9 Å². The number of hydrogen-bond acceptors (Lipinski definition) is 3. The van der Waals surface area contributed by atoms with E-state index in [0.717, 1.165) is 44.9 Å². The Balaban J connectivity index is 1.99. The number of rotatable bonds is 3. The molecule has 2 rings (SSSR count). The van der Waals surface area contributed by atoms with Gasteiger partial charge in [-0.1, -0.05) is 19.3 Å². The zero-order valence-electron chi connectivity index (χ0n) is 11.5. The van der Waals surface area contributed by atoms with E-state index >= 15 is 0 Å². The van der Waals surface area contributed by atoms with Gasteiger partial charge in [-0.25, -0.2) is 0 Å². The van der Waals surface area contributed by atoms with E-state index in [2.05, 4.69) is 10.6 Å². The van der Waals surface area contributed by atoms with Crippen LogP contribution in [0.4, 0.5) is 0 Å². The summed E-state index contributed by atoms with van der Waals surface area (Å²) in [4.78, 5) is 24.4. The molecule has 1 heterocycles. The second-order valence-electron chi connectivity index (χ2n) is 5.86. The number of nitrogens with two attached hydrogens (primary N) is 1. The molecule has 4 N–H and O–H groups in total. The molecule has 2 aliphatic rings. The molecule has 0 aromatic rings. The van der Waals surface area contributed by atoms with E-state index in [1.807, 2.05) is 0 Å². The second kappa shape index (κ2) is 6.37. The summed E-state index contributed by atoms with van der Waals surface area (Å²) >= 11 is 0. The maximum absolute atomic E-state index is 12.5. The van der Waals surface area contributed by atoms with Gasteiger partial charge in [-0.15, -0.1) is 0 Å². The number of nitrogens with one attached hydrogen (secondary N) is 2. The molecule has 0 aromatic carbocycles. The summed E-state index contributed by atoms with van der Waals surface area (Å²) in [5, 5.41) is 5.79. The van der Waals surface area contributed by atoms with Crippen molar-refractivity contribution in [1.29, 1.82) is 0 Å². The molecule has 19 heavy (non-hydrogen) atoms. The number of hydrogen-bond donors (Lipinski definition) is 3. The normalized spacial score (nSPS) is 27.2. The predicted octanol–water partition coefficient (Wildman–Crippen LogP) is 0.680. The van der Waals surface area contributed by atoms with E-state index in [9.17, 15) is 9.59 Å². The van der Waals surface area contributed by atoms with Crippen LogP contribution in [-0.2, 0) is 9.59 Å². The third kappa shape index (κ3) is 3.26. The average Bonchev–Trinajstić information content (AvgIpc) is 2.65. The zero-order valence-corrected chi connectivity index (χ0v) is 11.5. The van der Waals surface area contributed by atoms with Gasteiger partial charge in [-0.2, -0.15) is 0 Å². The van der Waals surface area contributed by atoms with Gasteiger partial charge in [0.05, 0.1) is 5.41 Å². The Morgan fingerprint density at radius 3 is 2.68 bits per heavy atom. The van der Waals surface area contributed by atoms with Gasteiger partial charge in [-0.3, -0.25) is 9.59 Å². The minimum absolute atomic E-state index is 0.0169. The van der Waals surface area contributed by atoms with Crippen LogP contribution >= 0.6 is 0 Å². The maximum atomic E-state index is 12.5. The van der Waals surface area contributed by atoms with Crippen LogP contribution in [0, 0.1) is 5.41 Å². The SMILES string of the molecule is NCC1(C(=O)NC2CCCCNC2=O)CCCCC1. The largest absolute Gasteiger partial charge is 0.354 e. The molecule has 5 nitrogen and oxygen atoms in total. The summed E-state index contributed by atoms with van der Waals surface area (Å²) in [7, 11) is 0. The summed E-state index contributed by atoms with van der Waals surface area (Å²) in [5.74, 6) is -0.0643. The maximum Gasteiger partial charge on any atom is 0.242 e. The van der Waals surface area contributed by atoms with Crippen LogP contribution in [0.1, 0.15) is 51.4 Å². The highest BCUT2D eigenvalue weighted by atomic mass is 16.2. The van der Waals surface area contributed by atoms with Gasteiger partial charge in [0.2, 0.25) is 11.8 Å². The first-order chi connectivity index (χ1) is 9.18. The van der Waals surface area contributed by atoms with Crippen molar-refractivity contribution >= 4 is 11.8 Å². The first kappa shape index (κ1) is 14.3. The van der Waals surface area contributed by atoms with Crippen LogP contribution in [0.2, 0.25) is 0 Å². The smallest absolute Gasteiger partial charge is 0.242 e. The molecule has 1 saturated carbocycles. The summed E-state index contributed by atoms with van der Waals surface area (Å²) < 4.78 is 0. The highest BCUT2D eigenvalue weighted by Crippen LogP contribution is 2.35. The van der Waals surface area contributed by atoms with Crippen molar-refractivity contribution in [3.05, 3.63) is 0 Å². The Kier molecular flexibility index (Phi) is 4.80. The monoisotopic (exact) mass is 267 g/mol. The van der Waals surface area contributed by atoms with Crippen molar-refractivity contribution in [2.24, 2.45) is 11.1 Å². The van der Waals surface area contributed by atoms with Crippen LogP contribution in [0.5, 0.6) is 0 Å². The predicted molar refractivity (Wildman–Crippen MR) is 73.4 cm³/mol. The topological polar surface area (TPSA) is 84.2 Å². The Hall–Kier alpha value is -1.10. The molecule has 0 radical (unpaired) electrons. The summed E-state index contributed by atoms with van der Waals surface area (Å²) in [6, 6.07) is -0.375. The van der Waals surface area contributed by atoms with Gasteiger partial charge in [0, 0.05) is 13.1 Å². The lowest BCUT2D eigenvalue weighted by Gasteiger charge is -2.35. The minimum Gasteiger partial charge on any atom is -0.354 e. The van der Waals surface area contributed by atoms with Crippen LogP contribution < -0.4 is 16.4 Å². The van der Waals surface area contributed by atoms with Crippen molar-refractivity contribution in [3.8, 4) is 0 Å². The van der Waals surface area contributed by atoms with Crippen molar-refractivity contribution in [2.75, 3.05) is 13.1 Å². The summed E-state index contributed by atoms with van der Waals surface area (Å²) in [5.41, 5.74) is 5.41. The highest BCUT2D eigenvalue weighted by Gasteiger charge is 2.39. The molecule has 5 heteroatoms. The lowest BCUT2D eigenvalue weighted by Crippen LogP contribution is -2.53. The Morgan fingerprint density at radius 2 is 2.00 bits per heavy atom. The third-order valence-electron chi connectivity index (χ3n) is 4.52. The molecule has 1 atom stereocenters. The molecular weight excluding hydrogens is 242 g/mol. The molecule has 0 aromatic heterocycles. The van der Waals surface area contributed by atoms with E-state index in [4.69, 9.17) is 5.73 Å². The molecule has 2 fully saturated rings. The minimum atomic E-state index is -0.440. The lowest BCUT2D eigenvalue weighted by atomic mass is 9.73. The average molecular weight is 267 g/mol. The van der Waals surface area contributed by atoms with Gasteiger partial charge in [0.25, 0.3) is 0 Å². The fourth-order valence-electron chi connectivity index (χ4n) is 3.14. The molecule has 1 saturated heterocycles. The lowest BCUT2D eigenvalue weighted by molar-refractivity contribution is -0.136. The molecule has 1 aliphatic heterocycles. The van der Waals surface area contributed by atoms with Crippen LogP contribution in [0.15, 0.2) is 0 Å². The van der Waals surface area contributed by atoms with E-state index in [1.165, 1.54) is 6.42 Å². The van der Waals surface area contributed by atoms with Crippen LogP contribution in [-0.4, -0.2) is 30.9 Å². The number of carbonyl (C=O) groups is 2. The Labute approximate surface area is 114 Å². The van der Waals surface area contributed by atoms with Crippen LogP contribution in [0.3, 0.4) is 0 Å². The highest BCUT2D eigenvalue weighted by molar-refractivity contribution is 5.90. The van der Waals surface area contributed by atoms with Crippen molar-refractivity contribution in [3.63, 3.8) is 0 Å². The zero-order chi connectivity index (χ0) is 13.7. The standard InChI is InChI=1S/C14H25N3O2/c15-10-14(7-3-1-4-8-14)13(19)17-11-6-2-5-9-16-12(11)18/h11H,1-10,15H2,(H,16,18)(H,17,19). The van der Waals surface area contributed by atoms with Gasteiger partial charge in [0.15, 0.2) is 0 Å². The molecule has 2 amide bonds. The quantitative estimate of drug-likeness (QED) is 0.703. The van der Waals surface area contributed by atoms with E-state index in [1.54, 1.807) is 0 Å². The molecule has 0 bridgehead atoms. The van der Waals surface area contributed by atoms with E-state index in [0.29, 0.717) is 13.1 Å². The molecule has 1 aliphatic carbocycles. The van der Waals surface area contributed by atoms with Gasteiger partial charge < -0.3 is 16.4 Å². The molecule has 0 spiro atoms. The fourth-order valence-corrected chi connectivity index (χ4v) is 3.14. The number of amides is 2. The van der Waals surface area contributed by atoms with Gasteiger partial charge in [0.1, 0.15) is 6.04 Å². The van der Waals surface area contributed by atoms with E-state index < -0.39 is 5.41 Å². The summed E-state index contributed by atoms with van der Waals surface area (Å²) in [6.07, 6.45) is 7.69. The second-order valence-corrected chi connectivity index (χ2v) is 5.86. The summed E-state index contributed by atoms with van der Waals surface area (Å²) in [6.45, 7) is 1.10. The van der Waals surface area contributed by atoms with Gasteiger partial charge >= 0.3 is 0 Å². The molecule has 108 valence electrons. The Bertz CT molecular complexity index is 338. The van der Waals surface area contributed by atoms with Crippen molar-refractivity contribution < 1.29 is 9.59 Å². The number of carbonyl (C=O) groups excluding carboxylic acids is 2. The van der Waals surface area contributed by atoms with Crippen molar-refractivity contribution in [2.45, 2.75) is 57.4 Å². The Morgan fingerprint density at radius 1 is 1.26 bits per heavy atom. The molecule has 1 unspecified atom stereocenters. The third-order valence-corrected chi connectivity index (χ3v) is 4.52. The first-order valence-electron chi connectivity index (χ1n) is 7.47. The molecular formula is C14H25N3O2.